The Bertz CT molecular complexity index is 579. The van der Waals surface area contributed by atoms with E-state index in [1.165, 1.54) is 10.5 Å². The van der Waals surface area contributed by atoms with Crippen molar-refractivity contribution in [2.24, 2.45) is 5.73 Å². The van der Waals surface area contributed by atoms with Crippen molar-refractivity contribution in [1.29, 1.82) is 0 Å². The van der Waals surface area contributed by atoms with Gasteiger partial charge in [0.2, 0.25) is 0 Å². The lowest BCUT2D eigenvalue weighted by Gasteiger charge is -2.17. The van der Waals surface area contributed by atoms with Gasteiger partial charge < -0.3 is 5.73 Å². The predicted molar refractivity (Wildman–Crippen MR) is 77.3 cm³/mol. The minimum atomic E-state index is 0.223. The second-order valence-electron chi connectivity index (χ2n) is 4.91. The summed E-state index contributed by atoms with van der Waals surface area (Å²) in [5.74, 6) is 1.99. The molecular weight excluding hydrogens is 256 g/mol. The maximum atomic E-state index is 5.97. The van der Waals surface area contributed by atoms with Crippen molar-refractivity contribution >= 4 is 11.8 Å². The van der Waals surface area contributed by atoms with E-state index in [0.717, 1.165) is 37.5 Å². The van der Waals surface area contributed by atoms with Gasteiger partial charge in [-0.05, 0) is 24.3 Å². The quantitative estimate of drug-likeness (QED) is 0.868. The zero-order valence-corrected chi connectivity index (χ0v) is 11.9. The summed E-state index contributed by atoms with van der Waals surface area (Å²) in [6, 6.07) is 8.66. The van der Waals surface area contributed by atoms with Gasteiger partial charge in [-0.1, -0.05) is 18.2 Å². The lowest BCUT2D eigenvalue weighted by molar-refractivity contribution is 0.421. The molecule has 1 unspecified atom stereocenters. The van der Waals surface area contributed by atoms with Crippen LogP contribution in [-0.4, -0.2) is 27.1 Å². The Labute approximate surface area is 117 Å². The second kappa shape index (κ2) is 5.35. The molecule has 1 aliphatic rings. The summed E-state index contributed by atoms with van der Waals surface area (Å²) < 4.78 is 1.98. The highest BCUT2D eigenvalue weighted by Crippen LogP contribution is 2.22. The van der Waals surface area contributed by atoms with Crippen LogP contribution in [0.4, 0.5) is 0 Å². The van der Waals surface area contributed by atoms with Gasteiger partial charge in [-0.2, -0.15) is 5.10 Å². The van der Waals surface area contributed by atoms with Crippen LogP contribution in [0.15, 0.2) is 29.2 Å². The first-order valence-corrected chi connectivity index (χ1v) is 7.79. The average molecular weight is 274 g/mol. The SMILES string of the molecule is CSc1ccccc1Cc1nc2n(n1)CC(N)CC2. The van der Waals surface area contributed by atoms with Crippen molar-refractivity contribution in [3.63, 3.8) is 0 Å². The fraction of sp³-hybridized carbons (Fsp3) is 0.429. The molecule has 2 N–H and O–H groups in total. The van der Waals surface area contributed by atoms with E-state index in [1.807, 2.05) is 4.68 Å². The number of aromatic nitrogens is 3. The molecule has 0 fully saturated rings. The summed E-state index contributed by atoms with van der Waals surface area (Å²) in [6.45, 7) is 0.798. The van der Waals surface area contributed by atoms with Gasteiger partial charge in [0, 0.05) is 23.8 Å². The van der Waals surface area contributed by atoms with Crippen LogP contribution >= 0.6 is 11.8 Å². The number of hydrogen-bond donors (Lipinski definition) is 1. The molecule has 4 nitrogen and oxygen atoms in total. The minimum absolute atomic E-state index is 0.223. The summed E-state index contributed by atoms with van der Waals surface area (Å²) in [7, 11) is 0. The Morgan fingerprint density at radius 1 is 1.42 bits per heavy atom. The van der Waals surface area contributed by atoms with Gasteiger partial charge >= 0.3 is 0 Å². The molecule has 0 spiro atoms. The molecule has 0 saturated heterocycles. The highest BCUT2D eigenvalue weighted by atomic mass is 32.2. The molecule has 0 radical (unpaired) electrons. The van der Waals surface area contributed by atoms with Crippen LogP contribution in [0.2, 0.25) is 0 Å². The topological polar surface area (TPSA) is 56.7 Å². The number of fused-ring (bicyclic) bond motifs is 1. The normalized spacial score (nSPS) is 18.3. The van der Waals surface area contributed by atoms with Crippen LogP contribution in [0.25, 0.3) is 0 Å². The largest absolute Gasteiger partial charge is 0.326 e. The van der Waals surface area contributed by atoms with Crippen LogP contribution in [0.3, 0.4) is 0 Å². The van der Waals surface area contributed by atoms with Gasteiger partial charge in [-0.25, -0.2) is 9.67 Å². The summed E-state index contributed by atoms with van der Waals surface area (Å²) in [5, 5.41) is 4.59. The van der Waals surface area contributed by atoms with E-state index in [-0.39, 0.29) is 6.04 Å². The number of nitrogens with zero attached hydrogens (tertiary/aromatic N) is 3. The van der Waals surface area contributed by atoms with Crippen LogP contribution in [0.1, 0.15) is 23.6 Å². The first-order valence-electron chi connectivity index (χ1n) is 6.56. The van der Waals surface area contributed by atoms with E-state index in [1.54, 1.807) is 11.8 Å². The molecule has 3 rings (SSSR count). The Morgan fingerprint density at radius 3 is 3.11 bits per heavy atom. The van der Waals surface area contributed by atoms with E-state index < -0.39 is 0 Å². The van der Waals surface area contributed by atoms with Crippen molar-refractivity contribution < 1.29 is 0 Å². The van der Waals surface area contributed by atoms with Crippen LogP contribution in [0.5, 0.6) is 0 Å². The van der Waals surface area contributed by atoms with Crippen molar-refractivity contribution in [1.82, 2.24) is 14.8 Å². The Hall–Kier alpha value is -1.33. The minimum Gasteiger partial charge on any atom is -0.326 e. The van der Waals surface area contributed by atoms with Crippen molar-refractivity contribution in [2.75, 3.05) is 6.26 Å². The van der Waals surface area contributed by atoms with Crippen molar-refractivity contribution in [3.8, 4) is 0 Å². The zero-order valence-electron chi connectivity index (χ0n) is 11.0. The molecule has 0 aliphatic carbocycles. The molecular formula is C14H18N4S. The van der Waals surface area contributed by atoms with E-state index >= 15 is 0 Å². The Balaban J connectivity index is 1.84. The molecule has 0 bridgehead atoms. The highest BCUT2D eigenvalue weighted by Gasteiger charge is 2.19. The van der Waals surface area contributed by atoms with Crippen molar-refractivity contribution in [2.45, 2.75) is 36.7 Å². The van der Waals surface area contributed by atoms with E-state index in [0.29, 0.717) is 0 Å². The van der Waals surface area contributed by atoms with E-state index in [4.69, 9.17) is 5.73 Å². The molecule has 0 saturated carbocycles. The second-order valence-corrected chi connectivity index (χ2v) is 5.76. The lowest BCUT2D eigenvalue weighted by atomic mass is 10.1. The summed E-state index contributed by atoms with van der Waals surface area (Å²) >= 11 is 1.77. The number of benzene rings is 1. The van der Waals surface area contributed by atoms with Crippen LogP contribution in [-0.2, 0) is 19.4 Å². The molecule has 2 heterocycles. The van der Waals surface area contributed by atoms with E-state index in [2.05, 4.69) is 40.6 Å². The van der Waals surface area contributed by atoms with E-state index in [9.17, 15) is 0 Å². The third-order valence-electron chi connectivity index (χ3n) is 3.48. The summed E-state index contributed by atoms with van der Waals surface area (Å²) in [5.41, 5.74) is 7.26. The first-order chi connectivity index (χ1) is 9.26. The Kier molecular flexibility index (Phi) is 3.57. The molecule has 2 aromatic rings. The van der Waals surface area contributed by atoms with Crippen LogP contribution < -0.4 is 5.73 Å². The third kappa shape index (κ3) is 2.67. The molecule has 19 heavy (non-hydrogen) atoms. The summed E-state index contributed by atoms with van der Waals surface area (Å²) in [4.78, 5) is 5.94. The average Bonchev–Trinajstić information content (AvgIpc) is 2.80. The van der Waals surface area contributed by atoms with Crippen molar-refractivity contribution in [3.05, 3.63) is 41.5 Å². The number of thioether (sulfide) groups is 1. The van der Waals surface area contributed by atoms with Gasteiger partial charge in [0.1, 0.15) is 5.82 Å². The molecule has 100 valence electrons. The fourth-order valence-corrected chi connectivity index (χ4v) is 3.10. The monoisotopic (exact) mass is 274 g/mol. The lowest BCUT2D eigenvalue weighted by Crippen LogP contribution is -2.32. The third-order valence-corrected chi connectivity index (χ3v) is 4.32. The van der Waals surface area contributed by atoms with Gasteiger partial charge in [0.05, 0.1) is 6.54 Å². The smallest absolute Gasteiger partial charge is 0.155 e. The fourth-order valence-electron chi connectivity index (χ4n) is 2.48. The van der Waals surface area contributed by atoms with Gasteiger partial charge in [-0.3, -0.25) is 0 Å². The maximum Gasteiger partial charge on any atom is 0.155 e. The molecule has 1 atom stereocenters. The molecule has 1 aromatic carbocycles. The Morgan fingerprint density at radius 2 is 2.26 bits per heavy atom. The molecule has 1 aliphatic heterocycles. The standard InChI is InChI=1S/C14H18N4S/c1-19-12-5-3-2-4-10(12)8-13-16-14-7-6-11(15)9-18(14)17-13/h2-5,11H,6-9,15H2,1H3. The number of rotatable bonds is 3. The predicted octanol–water partition coefficient (Wildman–Crippen LogP) is 1.86. The molecule has 0 amide bonds. The first kappa shape index (κ1) is 12.7. The van der Waals surface area contributed by atoms with Crippen LogP contribution in [0, 0.1) is 0 Å². The van der Waals surface area contributed by atoms with Gasteiger partial charge in [0.25, 0.3) is 0 Å². The molecule has 1 aromatic heterocycles. The number of aryl methyl sites for hydroxylation is 1. The summed E-state index contributed by atoms with van der Waals surface area (Å²) in [6.07, 6.45) is 4.85. The number of nitrogens with two attached hydrogens (primary N) is 1. The van der Waals surface area contributed by atoms with Gasteiger partial charge in [-0.15, -0.1) is 11.8 Å². The maximum absolute atomic E-state index is 5.97. The van der Waals surface area contributed by atoms with Gasteiger partial charge in [0.15, 0.2) is 5.82 Å². The number of hydrogen-bond acceptors (Lipinski definition) is 4. The molecule has 5 heteroatoms. The zero-order chi connectivity index (χ0) is 13.2. The highest BCUT2D eigenvalue weighted by molar-refractivity contribution is 7.98.